The number of rotatable bonds is 3. The van der Waals surface area contributed by atoms with Crippen molar-refractivity contribution in [3.63, 3.8) is 0 Å². The van der Waals surface area contributed by atoms with Crippen LogP contribution in [0.1, 0.15) is 22.1 Å². The normalized spacial score (nSPS) is 12.7. The Kier molecular flexibility index (Phi) is 3.14. The standard InChI is InChI=1S/C12H13NOS/c1-9-11(4-7-15-9)12(14)8-10-2-5-13-6-3-10/h2-7,12,14H,8H2,1H3. The molecular formula is C12H13NOS. The molecule has 1 N–H and O–H groups in total. The van der Waals surface area contributed by atoms with Crippen molar-refractivity contribution in [2.75, 3.05) is 0 Å². The summed E-state index contributed by atoms with van der Waals surface area (Å²) < 4.78 is 0. The fourth-order valence-corrected chi connectivity index (χ4v) is 2.35. The number of nitrogens with zero attached hydrogens (tertiary/aromatic N) is 1. The van der Waals surface area contributed by atoms with Crippen LogP contribution < -0.4 is 0 Å². The molecule has 2 aromatic rings. The second-order valence-corrected chi connectivity index (χ2v) is 4.63. The minimum atomic E-state index is -0.404. The third-order valence-electron chi connectivity index (χ3n) is 2.44. The Morgan fingerprint density at radius 2 is 2.07 bits per heavy atom. The molecule has 0 aliphatic carbocycles. The minimum absolute atomic E-state index is 0.404. The van der Waals surface area contributed by atoms with Crippen molar-refractivity contribution in [2.24, 2.45) is 0 Å². The average Bonchev–Trinajstić information content (AvgIpc) is 2.66. The van der Waals surface area contributed by atoms with E-state index in [-0.39, 0.29) is 0 Å². The zero-order chi connectivity index (χ0) is 10.7. The van der Waals surface area contributed by atoms with Crippen LogP contribution >= 0.6 is 11.3 Å². The summed E-state index contributed by atoms with van der Waals surface area (Å²) in [6, 6.07) is 5.86. The van der Waals surface area contributed by atoms with Gasteiger partial charge in [-0.05, 0) is 41.6 Å². The van der Waals surface area contributed by atoms with Gasteiger partial charge in [-0.25, -0.2) is 0 Å². The topological polar surface area (TPSA) is 33.1 Å². The molecule has 2 rings (SSSR count). The fraction of sp³-hybridized carbons (Fsp3) is 0.250. The molecule has 78 valence electrons. The molecule has 2 aromatic heterocycles. The van der Waals surface area contributed by atoms with Gasteiger partial charge in [0.05, 0.1) is 6.10 Å². The lowest BCUT2D eigenvalue weighted by molar-refractivity contribution is 0.178. The molecule has 0 radical (unpaired) electrons. The second kappa shape index (κ2) is 4.55. The summed E-state index contributed by atoms with van der Waals surface area (Å²) in [6.07, 6.45) is 3.75. The van der Waals surface area contributed by atoms with Gasteiger partial charge in [0.1, 0.15) is 0 Å². The number of aryl methyl sites for hydroxylation is 1. The van der Waals surface area contributed by atoms with E-state index in [4.69, 9.17) is 0 Å². The lowest BCUT2D eigenvalue weighted by Crippen LogP contribution is -2.01. The van der Waals surface area contributed by atoms with E-state index in [1.165, 1.54) is 4.88 Å². The first-order chi connectivity index (χ1) is 7.27. The van der Waals surface area contributed by atoms with E-state index in [1.807, 2.05) is 30.5 Å². The number of aliphatic hydroxyl groups excluding tert-OH is 1. The number of hydrogen-bond acceptors (Lipinski definition) is 3. The van der Waals surface area contributed by atoms with Crippen LogP contribution in [0.25, 0.3) is 0 Å². The third kappa shape index (κ3) is 2.43. The van der Waals surface area contributed by atoms with E-state index >= 15 is 0 Å². The van der Waals surface area contributed by atoms with Crippen molar-refractivity contribution in [3.05, 3.63) is 52.0 Å². The van der Waals surface area contributed by atoms with Gasteiger partial charge < -0.3 is 5.11 Å². The maximum Gasteiger partial charge on any atom is 0.0841 e. The van der Waals surface area contributed by atoms with Crippen LogP contribution in [-0.4, -0.2) is 10.1 Å². The smallest absolute Gasteiger partial charge is 0.0841 e. The Bertz CT molecular complexity index is 424. The molecule has 0 aliphatic rings. The van der Waals surface area contributed by atoms with Gasteiger partial charge in [0.15, 0.2) is 0 Å². The molecule has 0 spiro atoms. The zero-order valence-corrected chi connectivity index (χ0v) is 9.37. The van der Waals surface area contributed by atoms with Crippen LogP contribution in [0.5, 0.6) is 0 Å². The predicted molar refractivity (Wildman–Crippen MR) is 62.0 cm³/mol. The molecule has 2 heterocycles. The highest BCUT2D eigenvalue weighted by Crippen LogP contribution is 2.25. The van der Waals surface area contributed by atoms with Crippen molar-refractivity contribution >= 4 is 11.3 Å². The van der Waals surface area contributed by atoms with Gasteiger partial charge in [-0.2, -0.15) is 0 Å². The number of thiophene rings is 1. The Hall–Kier alpha value is -1.19. The molecule has 0 saturated carbocycles. The van der Waals surface area contributed by atoms with Crippen molar-refractivity contribution in [1.29, 1.82) is 0 Å². The number of aromatic nitrogens is 1. The SMILES string of the molecule is Cc1sccc1C(O)Cc1ccncc1. The molecule has 0 fully saturated rings. The highest BCUT2D eigenvalue weighted by molar-refractivity contribution is 7.10. The predicted octanol–water partition coefficient (Wildman–Crippen LogP) is 2.73. The van der Waals surface area contributed by atoms with Gasteiger partial charge in [-0.1, -0.05) is 0 Å². The lowest BCUT2D eigenvalue weighted by Gasteiger charge is -2.10. The van der Waals surface area contributed by atoms with Crippen molar-refractivity contribution in [3.8, 4) is 0 Å². The van der Waals surface area contributed by atoms with Crippen LogP contribution in [-0.2, 0) is 6.42 Å². The number of hydrogen-bond donors (Lipinski definition) is 1. The van der Waals surface area contributed by atoms with E-state index in [2.05, 4.69) is 4.98 Å². The summed E-state index contributed by atoms with van der Waals surface area (Å²) in [6.45, 7) is 2.04. The molecule has 2 nitrogen and oxygen atoms in total. The molecule has 0 aromatic carbocycles. The van der Waals surface area contributed by atoms with E-state index in [1.54, 1.807) is 23.7 Å². The summed E-state index contributed by atoms with van der Waals surface area (Å²) in [5, 5.41) is 12.0. The minimum Gasteiger partial charge on any atom is -0.388 e. The average molecular weight is 219 g/mol. The highest BCUT2D eigenvalue weighted by Gasteiger charge is 2.11. The summed E-state index contributed by atoms with van der Waals surface area (Å²) in [5.74, 6) is 0. The lowest BCUT2D eigenvalue weighted by atomic mass is 10.0. The highest BCUT2D eigenvalue weighted by atomic mass is 32.1. The summed E-state index contributed by atoms with van der Waals surface area (Å²) in [7, 11) is 0. The van der Waals surface area contributed by atoms with Gasteiger partial charge in [-0.15, -0.1) is 11.3 Å². The van der Waals surface area contributed by atoms with Crippen LogP contribution in [0.15, 0.2) is 36.0 Å². The van der Waals surface area contributed by atoms with Crippen molar-refractivity contribution in [1.82, 2.24) is 4.98 Å². The Balaban J connectivity index is 2.11. The molecule has 1 unspecified atom stereocenters. The first kappa shape index (κ1) is 10.3. The third-order valence-corrected chi connectivity index (χ3v) is 3.30. The molecular weight excluding hydrogens is 206 g/mol. The molecule has 1 atom stereocenters. The molecule has 0 amide bonds. The van der Waals surface area contributed by atoms with Crippen LogP contribution in [0.4, 0.5) is 0 Å². The number of aliphatic hydroxyl groups is 1. The van der Waals surface area contributed by atoms with Gasteiger partial charge in [0.2, 0.25) is 0 Å². The Labute approximate surface area is 93.2 Å². The first-order valence-corrected chi connectivity index (χ1v) is 5.76. The first-order valence-electron chi connectivity index (χ1n) is 4.88. The summed E-state index contributed by atoms with van der Waals surface area (Å²) in [4.78, 5) is 5.14. The van der Waals surface area contributed by atoms with E-state index < -0.39 is 6.10 Å². The zero-order valence-electron chi connectivity index (χ0n) is 8.55. The molecule has 3 heteroatoms. The fourth-order valence-electron chi connectivity index (χ4n) is 1.59. The van der Waals surface area contributed by atoms with Crippen LogP contribution in [0.3, 0.4) is 0 Å². The van der Waals surface area contributed by atoms with Gasteiger partial charge in [-0.3, -0.25) is 4.98 Å². The molecule has 0 aliphatic heterocycles. The molecule has 0 saturated heterocycles. The maximum atomic E-state index is 10.0. The van der Waals surface area contributed by atoms with Gasteiger partial charge in [0.25, 0.3) is 0 Å². The Morgan fingerprint density at radius 1 is 1.33 bits per heavy atom. The van der Waals surface area contributed by atoms with Gasteiger partial charge in [0, 0.05) is 23.7 Å². The van der Waals surface area contributed by atoms with E-state index in [9.17, 15) is 5.11 Å². The van der Waals surface area contributed by atoms with Crippen LogP contribution in [0.2, 0.25) is 0 Å². The maximum absolute atomic E-state index is 10.0. The van der Waals surface area contributed by atoms with E-state index in [0.717, 1.165) is 11.1 Å². The van der Waals surface area contributed by atoms with Crippen molar-refractivity contribution < 1.29 is 5.11 Å². The quantitative estimate of drug-likeness (QED) is 0.861. The number of pyridine rings is 1. The van der Waals surface area contributed by atoms with E-state index in [0.29, 0.717) is 6.42 Å². The second-order valence-electron chi connectivity index (χ2n) is 3.51. The monoisotopic (exact) mass is 219 g/mol. The van der Waals surface area contributed by atoms with Gasteiger partial charge >= 0.3 is 0 Å². The summed E-state index contributed by atoms with van der Waals surface area (Å²) >= 11 is 1.67. The van der Waals surface area contributed by atoms with Crippen LogP contribution in [0, 0.1) is 6.92 Å². The van der Waals surface area contributed by atoms with Crippen molar-refractivity contribution in [2.45, 2.75) is 19.4 Å². The molecule has 15 heavy (non-hydrogen) atoms. The largest absolute Gasteiger partial charge is 0.388 e. The molecule has 0 bridgehead atoms. The Morgan fingerprint density at radius 3 is 2.67 bits per heavy atom. The summed E-state index contributed by atoms with van der Waals surface area (Å²) in [5.41, 5.74) is 2.15.